The van der Waals surface area contributed by atoms with Gasteiger partial charge in [-0.2, -0.15) is 0 Å². The number of para-hydroxylation sites is 1. The number of carbonyl (C=O) groups is 1. The fourth-order valence-corrected chi connectivity index (χ4v) is 12.3. The quantitative estimate of drug-likeness (QED) is 0.194. The molecule has 47 heavy (non-hydrogen) atoms. The van der Waals surface area contributed by atoms with Crippen molar-refractivity contribution in [2.45, 2.75) is 50.2 Å². The van der Waals surface area contributed by atoms with Crippen LogP contribution in [0.3, 0.4) is 0 Å². The van der Waals surface area contributed by atoms with E-state index < -0.39 is 13.7 Å². The van der Waals surface area contributed by atoms with Crippen molar-refractivity contribution in [3.05, 3.63) is 117 Å². The Morgan fingerprint density at radius 3 is 2.49 bits per heavy atom. The number of fused-ring (bicyclic) bond motifs is 3. The summed E-state index contributed by atoms with van der Waals surface area (Å²) in [7, 11) is -0.639. The van der Waals surface area contributed by atoms with E-state index >= 15 is 0 Å². The molecule has 0 radical (unpaired) electrons. The minimum atomic E-state index is -2.30. The van der Waals surface area contributed by atoms with Gasteiger partial charge in [0.1, 0.15) is 5.75 Å². The minimum Gasteiger partial charge on any atom is -0.497 e. The fourth-order valence-electron chi connectivity index (χ4n) is 8.06. The van der Waals surface area contributed by atoms with Crippen LogP contribution in [0.15, 0.2) is 95.8 Å². The van der Waals surface area contributed by atoms with Crippen LogP contribution < -0.4 is 20.4 Å². The molecule has 7 rings (SSSR count). The molecular weight excluding hydrogens is 630 g/mol. The second kappa shape index (κ2) is 11.8. The van der Waals surface area contributed by atoms with Crippen molar-refractivity contribution in [2.75, 3.05) is 18.6 Å². The van der Waals surface area contributed by atoms with Crippen LogP contribution in [0.2, 0.25) is 23.7 Å². The second-order valence-electron chi connectivity index (χ2n) is 13.2. The van der Waals surface area contributed by atoms with E-state index in [-0.39, 0.29) is 42.2 Å². The van der Waals surface area contributed by atoms with Crippen LogP contribution in [-0.4, -0.2) is 48.7 Å². The third-order valence-electron chi connectivity index (χ3n) is 10.3. The van der Waals surface area contributed by atoms with Gasteiger partial charge in [0.25, 0.3) is 11.5 Å². The summed E-state index contributed by atoms with van der Waals surface area (Å²) < 4.78 is 13.9. The number of aromatic nitrogens is 2. The van der Waals surface area contributed by atoms with Gasteiger partial charge in [0.05, 0.1) is 50.1 Å². The van der Waals surface area contributed by atoms with E-state index in [1.54, 1.807) is 24.1 Å². The van der Waals surface area contributed by atoms with Crippen LogP contribution in [0.1, 0.15) is 24.5 Å². The van der Waals surface area contributed by atoms with Crippen molar-refractivity contribution >= 4 is 47.4 Å². The maximum absolute atomic E-state index is 14.9. The molecule has 1 amide bonds. The van der Waals surface area contributed by atoms with Crippen LogP contribution in [0.5, 0.6) is 5.75 Å². The van der Waals surface area contributed by atoms with Crippen molar-refractivity contribution < 1.29 is 19.4 Å². The molecule has 1 saturated heterocycles. The maximum Gasteiger partial charge on any atom is 0.279 e. The van der Waals surface area contributed by atoms with Gasteiger partial charge in [-0.1, -0.05) is 73.2 Å². The monoisotopic (exact) mass is 667 g/mol. The Labute approximate surface area is 279 Å². The lowest BCUT2D eigenvalue weighted by Crippen LogP contribution is -2.51. The summed E-state index contributed by atoms with van der Waals surface area (Å²) in [4.78, 5) is 29.9. The van der Waals surface area contributed by atoms with Gasteiger partial charge in [0, 0.05) is 23.1 Å². The van der Waals surface area contributed by atoms with E-state index in [1.807, 2.05) is 66.7 Å². The Kier molecular flexibility index (Phi) is 7.91. The number of benzene rings is 4. The zero-order valence-corrected chi connectivity index (χ0v) is 28.6. The molecule has 2 N–H and O–H groups in total. The van der Waals surface area contributed by atoms with Gasteiger partial charge in [-0.05, 0) is 72.1 Å². The normalized spacial score (nSPS) is 22.4. The van der Waals surface area contributed by atoms with Crippen LogP contribution in [0, 0.1) is 5.92 Å². The van der Waals surface area contributed by atoms with Gasteiger partial charge in [0.2, 0.25) is 0 Å². The smallest absolute Gasteiger partial charge is 0.279 e. The van der Waals surface area contributed by atoms with E-state index in [4.69, 9.17) is 21.1 Å². The van der Waals surface area contributed by atoms with Crippen molar-refractivity contribution in [1.29, 1.82) is 0 Å². The summed E-state index contributed by atoms with van der Waals surface area (Å²) in [6.45, 7) is 6.99. The number of methoxy groups -OCH3 is 1. The zero-order valence-electron chi connectivity index (χ0n) is 26.9. The summed E-state index contributed by atoms with van der Waals surface area (Å²) in [5.41, 5.74) is 2.45. The Bertz CT molecular complexity index is 2040. The molecule has 0 aliphatic carbocycles. The lowest BCUT2D eigenvalue weighted by atomic mass is 9.82. The first-order valence-electron chi connectivity index (χ1n) is 15.9. The van der Waals surface area contributed by atoms with E-state index in [9.17, 15) is 14.7 Å². The van der Waals surface area contributed by atoms with E-state index in [0.29, 0.717) is 22.5 Å². The van der Waals surface area contributed by atoms with Crippen LogP contribution in [-0.2, 0) is 21.7 Å². The van der Waals surface area contributed by atoms with Gasteiger partial charge in [-0.25, -0.2) is 4.68 Å². The standard InChI is InChI=1S/C37H38ClN3O5Si/c1-23-34(47(3,4)28-15-13-27(45-2)14-16-28)33(18-19-42)46-37(23)30-21-25(38)12-17-32(30)40(36(37)44)22-24-8-7-9-26(20-24)41-35(43)29-10-5-6-11-31(29)39-41/h5-17,20-21,23,33-34,39,42H,18-19,22H2,1-4H3/t23-,33+,34-,37+/m1/s1. The molecule has 3 heterocycles. The lowest BCUT2D eigenvalue weighted by Gasteiger charge is -2.37. The summed E-state index contributed by atoms with van der Waals surface area (Å²) in [6.07, 6.45) is 0.0973. The van der Waals surface area contributed by atoms with Crippen molar-refractivity contribution in [3.8, 4) is 11.4 Å². The molecule has 4 atom stereocenters. The number of nitrogens with zero attached hydrogens (tertiary/aromatic N) is 2. The lowest BCUT2D eigenvalue weighted by molar-refractivity contribution is -0.146. The molecule has 0 bridgehead atoms. The molecule has 1 spiro atoms. The maximum atomic E-state index is 14.9. The highest BCUT2D eigenvalue weighted by molar-refractivity contribution is 6.91. The number of carbonyl (C=O) groups excluding carboxylic acids is 1. The number of aliphatic hydroxyl groups excluding tert-OH is 1. The van der Waals surface area contributed by atoms with Crippen LogP contribution in [0.4, 0.5) is 5.69 Å². The predicted molar refractivity (Wildman–Crippen MR) is 188 cm³/mol. The Morgan fingerprint density at radius 1 is 1.00 bits per heavy atom. The van der Waals surface area contributed by atoms with Crippen molar-refractivity contribution in [3.63, 3.8) is 0 Å². The first-order valence-corrected chi connectivity index (χ1v) is 19.4. The molecule has 2 aliphatic rings. The topological polar surface area (TPSA) is 96.8 Å². The number of aromatic amines is 1. The molecule has 10 heteroatoms. The molecule has 1 fully saturated rings. The molecule has 2 aliphatic heterocycles. The number of rotatable bonds is 8. The predicted octanol–water partition coefficient (Wildman–Crippen LogP) is 6.13. The number of anilines is 1. The molecule has 1 aromatic heterocycles. The second-order valence-corrected chi connectivity index (χ2v) is 18.3. The van der Waals surface area contributed by atoms with Gasteiger partial charge in [-0.3, -0.25) is 14.7 Å². The van der Waals surface area contributed by atoms with E-state index in [2.05, 4.69) is 37.2 Å². The summed E-state index contributed by atoms with van der Waals surface area (Å²) in [5.74, 6) is 0.454. The third kappa shape index (κ3) is 4.95. The van der Waals surface area contributed by atoms with Gasteiger partial charge in [0.15, 0.2) is 5.60 Å². The van der Waals surface area contributed by atoms with Gasteiger partial charge in [-0.15, -0.1) is 0 Å². The minimum absolute atomic E-state index is 0.0241. The van der Waals surface area contributed by atoms with Crippen LogP contribution >= 0.6 is 11.6 Å². The highest BCUT2D eigenvalue weighted by Crippen LogP contribution is 2.60. The molecule has 4 aromatic carbocycles. The van der Waals surface area contributed by atoms with Gasteiger partial charge < -0.3 is 19.5 Å². The van der Waals surface area contributed by atoms with E-state index in [0.717, 1.165) is 28.1 Å². The average Bonchev–Trinajstić information content (AvgIpc) is 3.65. The Hall–Kier alpha value is -4.15. The summed E-state index contributed by atoms with van der Waals surface area (Å²) in [6, 6.07) is 28.9. The largest absolute Gasteiger partial charge is 0.497 e. The first kappa shape index (κ1) is 31.4. The molecular formula is C37H38ClN3O5Si. The average molecular weight is 668 g/mol. The SMILES string of the molecule is COc1ccc([Si](C)(C)[C@H]2[C@H](CCO)O[C@@]3(C(=O)N(Cc4cccc(-n5[nH]c6ccccc6c5=O)c4)c4ccc(Cl)cc43)[C@@H]2C)cc1. The number of hydrogen-bond acceptors (Lipinski definition) is 5. The number of nitrogens with one attached hydrogen (secondary N) is 1. The molecule has 0 saturated carbocycles. The summed E-state index contributed by atoms with van der Waals surface area (Å²) >= 11 is 6.61. The van der Waals surface area contributed by atoms with Crippen LogP contribution in [0.25, 0.3) is 16.6 Å². The summed E-state index contributed by atoms with van der Waals surface area (Å²) in [5, 5.41) is 15.8. The highest BCUT2D eigenvalue weighted by atomic mass is 35.5. The van der Waals surface area contributed by atoms with Gasteiger partial charge >= 0.3 is 0 Å². The van der Waals surface area contributed by atoms with Crippen molar-refractivity contribution in [2.24, 2.45) is 5.92 Å². The highest BCUT2D eigenvalue weighted by Gasteiger charge is 2.66. The number of amides is 1. The Morgan fingerprint density at radius 2 is 1.77 bits per heavy atom. The molecule has 0 unspecified atom stereocenters. The Balaban J connectivity index is 1.28. The third-order valence-corrected chi connectivity index (χ3v) is 14.9. The number of hydrogen-bond donors (Lipinski definition) is 2. The molecule has 8 nitrogen and oxygen atoms in total. The van der Waals surface area contributed by atoms with E-state index in [1.165, 1.54) is 9.87 Å². The number of ether oxygens (including phenoxy) is 2. The number of halogens is 1. The number of H-pyrrole nitrogens is 1. The molecule has 242 valence electrons. The van der Waals surface area contributed by atoms with Crippen molar-refractivity contribution in [1.82, 2.24) is 9.78 Å². The number of aliphatic hydroxyl groups is 1. The molecule has 5 aromatic rings. The zero-order chi connectivity index (χ0) is 33.1. The first-order chi connectivity index (χ1) is 22.6. The fraction of sp³-hybridized carbons (Fsp3) is 0.297.